The van der Waals surface area contributed by atoms with E-state index in [1.165, 1.54) is 0 Å². The molecule has 4 aromatic carbocycles. The fourth-order valence-electron chi connectivity index (χ4n) is 3.91. The van der Waals surface area contributed by atoms with E-state index in [4.69, 9.17) is 23.7 Å². The number of ketones is 1. The average Bonchev–Trinajstić information content (AvgIpc) is 3.11. The second-order valence-electron chi connectivity index (χ2n) is 10.7. The molecule has 4 rings (SSSR count). The van der Waals surface area contributed by atoms with Gasteiger partial charge in [0, 0.05) is 34.8 Å². The Labute approximate surface area is 290 Å². The zero-order valence-corrected chi connectivity index (χ0v) is 27.7. The maximum atomic E-state index is 12.4. The summed E-state index contributed by atoms with van der Waals surface area (Å²) < 4.78 is 26.0. The summed E-state index contributed by atoms with van der Waals surface area (Å²) in [6.07, 6.45) is 0. The molecule has 0 saturated heterocycles. The Morgan fingerprint density at radius 1 is 0.540 bits per heavy atom. The number of rotatable bonds is 11. The van der Waals surface area contributed by atoms with Crippen LogP contribution >= 0.6 is 0 Å². The molecule has 0 aliphatic heterocycles. The zero-order chi connectivity index (χ0) is 36.0. The van der Waals surface area contributed by atoms with Crippen molar-refractivity contribution < 1.29 is 42.9 Å². The minimum atomic E-state index is -0.953. The van der Waals surface area contributed by atoms with Gasteiger partial charge in [-0.3, -0.25) is 4.79 Å². The van der Waals surface area contributed by atoms with Gasteiger partial charge in [0.05, 0.1) is 5.56 Å². The van der Waals surface area contributed by atoms with Gasteiger partial charge in [-0.2, -0.15) is 0 Å². The summed E-state index contributed by atoms with van der Waals surface area (Å²) in [6.45, 7) is 10.8. The first-order valence-electron chi connectivity index (χ1n) is 15.1. The van der Waals surface area contributed by atoms with Crippen molar-refractivity contribution in [2.24, 2.45) is 0 Å². The number of benzene rings is 4. The van der Waals surface area contributed by atoms with Crippen LogP contribution < -0.4 is 14.2 Å². The van der Waals surface area contributed by atoms with Gasteiger partial charge in [-0.1, -0.05) is 61.1 Å². The summed E-state index contributed by atoms with van der Waals surface area (Å²) in [5.74, 6) is 10.8. The van der Waals surface area contributed by atoms with Crippen LogP contribution in [0.2, 0.25) is 0 Å². The third-order valence-corrected chi connectivity index (χ3v) is 6.62. The predicted molar refractivity (Wildman–Crippen MR) is 186 cm³/mol. The fourth-order valence-corrected chi connectivity index (χ4v) is 3.91. The van der Waals surface area contributed by atoms with Gasteiger partial charge in [0.1, 0.15) is 17.2 Å². The highest BCUT2D eigenvalue weighted by Gasteiger charge is 2.11. The second-order valence-corrected chi connectivity index (χ2v) is 10.7. The van der Waals surface area contributed by atoms with Gasteiger partial charge in [-0.05, 0) is 91.7 Å². The number of carbonyl (C=O) groups excluding carboxylic acids is 4. The van der Waals surface area contributed by atoms with Crippen LogP contribution in [-0.2, 0) is 28.7 Å². The highest BCUT2D eigenvalue weighted by Crippen LogP contribution is 2.24. The molecule has 0 atom stereocenters. The molecule has 50 heavy (non-hydrogen) atoms. The Morgan fingerprint density at radius 2 is 0.980 bits per heavy atom. The summed E-state index contributed by atoms with van der Waals surface area (Å²) in [7, 11) is 0. The maximum absolute atomic E-state index is 12.4. The van der Waals surface area contributed by atoms with Crippen molar-refractivity contribution in [3.63, 3.8) is 0 Å². The van der Waals surface area contributed by atoms with Gasteiger partial charge in [-0.25, -0.2) is 14.4 Å². The van der Waals surface area contributed by atoms with E-state index < -0.39 is 23.7 Å². The van der Waals surface area contributed by atoms with Crippen molar-refractivity contribution in [2.45, 2.75) is 20.8 Å². The van der Waals surface area contributed by atoms with Crippen LogP contribution in [0, 0.1) is 23.7 Å². The molecule has 0 spiro atoms. The van der Waals surface area contributed by atoms with Crippen molar-refractivity contribution in [1.29, 1.82) is 0 Å². The molecule has 9 nitrogen and oxygen atoms in total. The van der Waals surface area contributed by atoms with Crippen molar-refractivity contribution >= 4 is 23.7 Å². The lowest BCUT2D eigenvalue weighted by atomic mass is 10.0. The molecule has 250 valence electrons. The first kappa shape index (κ1) is 36.0. The largest absolute Gasteiger partial charge is 0.457 e. The summed E-state index contributed by atoms with van der Waals surface area (Å²) in [5.41, 5.74) is 4.93. The van der Waals surface area contributed by atoms with Crippen LogP contribution in [0.4, 0.5) is 0 Å². The fraction of sp³-hybridized carbons (Fsp3) is 0.122. The quantitative estimate of drug-likeness (QED) is 0.0438. The minimum Gasteiger partial charge on any atom is -0.457 e. The van der Waals surface area contributed by atoms with E-state index in [1.54, 1.807) is 68.4 Å². The van der Waals surface area contributed by atoms with Gasteiger partial charge in [-0.15, -0.1) is 0 Å². The average molecular weight is 669 g/mol. The molecule has 0 aliphatic rings. The molecule has 0 N–H and O–H groups in total. The van der Waals surface area contributed by atoms with Crippen LogP contribution in [-0.4, -0.2) is 37.3 Å². The van der Waals surface area contributed by atoms with Crippen LogP contribution in [0.1, 0.15) is 43.0 Å². The van der Waals surface area contributed by atoms with Gasteiger partial charge >= 0.3 is 17.9 Å². The number of Topliss-reactive ketones (excluding diaryl/α,β-unsaturated/α-hetero) is 1. The van der Waals surface area contributed by atoms with Gasteiger partial charge in [0.2, 0.25) is 19.4 Å². The molecule has 0 fully saturated rings. The Kier molecular flexibility index (Phi) is 12.5. The molecule has 0 amide bonds. The molecule has 0 aromatic heterocycles. The Bertz CT molecular complexity index is 2050. The van der Waals surface area contributed by atoms with E-state index in [0.29, 0.717) is 28.2 Å². The third-order valence-electron chi connectivity index (χ3n) is 6.62. The number of carbonyl (C=O) groups is 4. The lowest BCUT2D eigenvalue weighted by Crippen LogP contribution is -2.16. The normalized spacial score (nSPS) is 9.82. The molecule has 9 heteroatoms. The van der Waals surface area contributed by atoms with Gasteiger partial charge < -0.3 is 23.7 Å². The first-order chi connectivity index (χ1) is 24.0. The Morgan fingerprint density at radius 3 is 1.52 bits per heavy atom. The zero-order valence-electron chi connectivity index (χ0n) is 27.7. The lowest BCUT2D eigenvalue weighted by molar-refractivity contribution is -0.157. The highest BCUT2D eigenvalue weighted by molar-refractivity contribution is 6.32. The molecule has 0 radical (unpaired) electrons. The van der Waals surface area contributed by atoms with Crippen molar-refractivity contribution in [3.8, 4) is 52.1 Å². The molecule has 0 heterocycles. The van der Waals surface area contributed by atoms with Crippen LogP contribution in [0.15, 0.2) is 115 Å². The predicted octanol–water partition coefficient (Wildman–Crippen LogP) is 6.56. The SMILES string of the molecule is C=C(C)C(=O)OCOc1ccc(C#Cc2ccc(C#Cc3ccc(-c4ccc(OCOC(=O)C(C)=O)cc4)cc3)c(OC(=O)C(=C)C)c2)cc1. The molecular weight excluding hydrogens is 636 g/mol. The van der Waals surface area contributed by atoms with E-state index in [1.807, 2.05) is 36.4 Å². The summed E-state index contributed by atoms with van der Waals surface area (Å²) in [5, 5.41) is 0. The monoisotopic (exact) mass is 668 g/mol. The topological polar surface area (TPSA) is 114 Å². The first-order valence-corrected chi connectivity index (χ1v) is 15.1. The van der Waals surface area contributed by atoms with E-state index in [-0.39, 0.29) is 30.5 Å². The number of hydrogen-bond donors (Lipinski definition) is 0. The van der Waals surface area contributed by atoms with E-state index in [0.717, 1.165) is 23.6 Å². The number of ether oxygens (including phenoxy) is 5. The third kappa shape index (κ3) is 10.9. The van der Waals surface area contributed by atoms with E-state index >= 15 is 0 Å². The van der Waals surface area contributed by atoms with Gasteiger partial charge in [0.25, 0.3) is 0 Å². The van der Waals surface area contributed by atoms with E-state index in [9.17, 15) is 19.2 Å². The van der Waals surface area contributed by atoms with Crippen LogP contribution in [0.25, 0.3) is 11.1 Å². The molecule has 0 bridgehead atoms. The smallest absolute Gasteiger partial charge is 0.377 e. The minimum absolute atomic E-state index is 0.234. The maximum Gasteiger partial charge on any atom is 0.377 e. The van der Waals surface area contributed by atoms with Crippen LogP contribution in [0.3, 0.4) is 0 Å². The lowest BCUT2D eigenvalue weighted by Gasteiger charge is -2.08. The molecule has 0 unspecified atom stereocenters. The molecular formula is C41H32O9. The Hall–Kier alpha value is -6.84. The summed E-state index contributed by atoms with van der Waals surface area (Å²) >= 11 is 0. The Balaban J connectivity index is 1.44. The van der Waals surface area contributed by atoms with Crippen molar-refractivity contribution in [1.82, 2.24) is 0 Å². The standard InChI is InChI=1S/C41H32O9/c1-27(2)39(43)48-25-46-36-20-12-30(13-21-36)6-7-32-11-17-35(38(24-32)50-40(44)28(3)4)16-10-31-8-14-33(15-9-31)34-18-22-37(23-19-34)47-26-49-41(45)29(5)42/h8-9,11-15,17-24H,1,3,25-26H2,2,4-5H3. The second kappa shape index (κ2) is 17.4. The number of esters is 3. The van der Waals surface area contributed by atoms with Crippen LogP contribution in [0.5, 0.6) is 17.2 Å². The van der Waals surface area contributed by atoms with Crippen molar-refractivity contribution in [2.75, 3.05) is 13.6 Å². The molecule has 4 aromatic rings. The summed E-state index contributed by atoms with van der Waals surface area (Å²) in [6, 6.07) is 26.9. The van der Waals surface area contributed by atoms with E-state index in [2.05, 4.69) is 36.8 Å². The summed E-state index contributed by atoms with van der Waals surface area (Å²) in [4.78, 5) is 46.1. The number of hydrogen-bond acceptors (Lipinski definition) is 9. The highest BCUT2D eigenvalue weighted by atomic mass is 16.7. The molecule has 0 aliphatic carbocycles. The van der Waals surface area contributed by atoms with Gasteiger partial charge in [0.15, 0.2) is 0 Å². The molecule has 0 saturated carbocycles. The van der Waals surface area contributed by atoms with Crippen molar-refractivity contribution in [3.05, 3.63) is 138 Å².